The first kappa shape index (κ1) is 11.3. The summed E-state index contributed by atoms with van der Waals surface area (Å²) >= 11 is 0. The molecule has 94 valence electrons. The van der Waals surface area contributed by atoms with E-state index < -0.39 is 6.09 Å². The zero-order valence-corrected chi connectivity index (χ0v) is 10.1. The molecule has 1 saturated heterocycles. The zero-order chi connectivity index (χ0) is 12.5. The number of carboxylic acid groups (broad SMARTS) is 1. The molecule has 2 N–H and O–H groups in total. The Morgan fingerprint density at radius 3 is 2.72 bits per heavy atom. The van der Waals surface area contributed by atoms with Crippen LogP contribution in [0.25, 0.3) is 10.8 Å². The summed E-state index contributed by atoms with van der Waals surface area (Å²) in [6.45, 7) is 1.92. The highest BCUT2D eigenvalue weighted by atomic mass is 16.4. The molecule has 0 radical (unpaired) electrons. The van der Waals surface area contributed by atoms with Gasteiger partial charge in [-0.05, 0) is 25.9 Å². The van der Waals surface area contributed by atoms with E-state index >= 15 is 0 Å². The highest BCUT2D eigenvalue weighted by Gasteiger charge is 2.23. The smallest absolute Gasteiger partial charge is 0.415 e. The Morgan fingerprint density at radius 1 is 1.28 bits per heavy atom. The average molecular weight is 244 g/mol. The summed E-state index contributed by atoms with van der Waals surface area (Å²) in [5.74, 6) is 0.335. The van der Waals surface area contributed by atoms with E-state index in [2.05, 4.69) is 5.32 Å². The number of nitrogens with zero attached hydrogens (tertiary/aromatic N) is 1. The molecule has 3 rings (SSSR count). The second-order valence-corrected chi connectivity index (χ2v) is 4.78. The van der Waals surface area contributed by atoms with E-state index in [0.717, 1.165) is 42.4 Å². The summed E-state index contributed by atoms with van der Waals surface area (Å²) < 4.78 is 1.40. The standard InChI is InChI=1S/C14H16N2O2/c17-14(18)16-9-11-3-1-2-4-12(11)13(16)10-5-7-15-8-6-10/h1-4,9-10,15H,5-8H2,(H,17,18). The molecular weight excluding hydrogens is 228 g/mol. The maximum Gasteiger partial charge on any atom is 0.415 e. The molecular formula is C14H16N2O2. The van der Waals surface area contributed by atoms with Crippen molar-refractivity contribution in [2.24, 2.45) is 0 Å². The van der Waals surface area contributed by atoms with Gasteiger partial charge < -0.3 is 10.4 Å². The van der Waals surface area contributed by atoms with Crippen molar-refractivity contribution in [1.29, 1.82) is 0 Å². The summed E-state index contributed by atoms with van der Waals surface area (Å²) in [6, 6.07) is 7.91. The lowest BCUT2D eigenvalue weighted by molar-refractivity contribution is 0.195. The first-order valence-electron chi connectivity index (χ1n) is 6.31. The van der Waals surface area contributed by atoms with Gasteiger partial charge >= 0.3 is 6.09 Å². The van der Waals surface area contributed by atoms with Crippen LogP contribution in [0.4, 0.5) is 4.79 Å². The fourth-order valence-electron chi connectivity index (χ4n) is 2.85. The monoisotopic (exact) mass is 244 g/mol. The minimum Gasteiger partial charge on any atom is -0.464 e. The molecule has 4 heteroatoms. The molecule has 1 aliphatic heterocycles. The molecule has 0 unspecified atom stereocenters. The van der Waals surface area contributed by atoms with E-state index in [4.69, 9.17) is 0 Å². The lowest BCUT2D eigenvalue weighted by atomic mass is 9.92. The van der Waals surface area contributed by atoms with Crippen LogP contribution in [0.3, 0.4) is 0 Å². The van der Waals surface area contributed by atoms with E-state index in [1.54, 1.807) is 6.20 Å². The molecule has 1 aromatic heterocycles. The van der Waals surface area contributed by atoms with Crippen molar-refractivity contribution in [1.82, 2.24) is 9.88 Å². The third-order valence-electron chi connectivity index (χ3n) is 3.70. The number of piperidine rings is 1. The molecule has 1 aliphatic rings. The Hall–Kier alpha value is -1.81. The van der Waals surface area contributed by atoms with Crippen LogP contribution in [0.1, 0.15) is 24.5 Å². The van der Waals surface area contributed by atoms with Gasteiger partial charge in [-0.1, -0.05) is 24.3 Å². The summed E-state index contributed by atoms with van der Waals surface area (Å²) in [6.07, 6.45) is 2.84. The molecule has 0 spiro atoms. The summed E-state index contributed by atoms with van der Waals surface area (Å²) in [4.78, 5) is 11.4. The largest absolute Gasteiger partial charge is 0.464 e. The maximum absolute atomic E-state index is 11.4. The van der Waals surface area contributed by atoms with Crippen LogP contribution in [-0.4, -0.2) is 28.9 Å². The van der Waals surface area contributed by atoms with Crippen LogP contribution in [0.5, 0.6) is 0 Å². The first-order chi connectivity index (χ1) is 8.77. The molecule has 0 atom stereocenters. The van der Waals surface area contributed by atoms with Crippen LogP contribution in [0.15, 0.2) is 30.5 Å². The van der Waals surface area contributed by atoms with E-state index in [0.29, 0.717) is 5.92 Å². The molecule has 0 bridgehead atoms. The van der Waals surface area contributed by atoms with Crippen molar-refractivity contribution in [2.75, 3.05) is 13.1 Å². The number of carbonyl (C=O) groups is 1. The van der Waals surface area contributed by atoms with E-state index in [9.17, 15) is 9.90 Å². The van der Waals surface area contributed by atoms with Crippen LogP contribution in [-0.2, 0) is 0 Å². The fourth-order valence-corrected chi connectivity index (χ4v) is 2.85. The highest BCUT2D eigenvalue weighted by Crippen LogP contribution is 2.32. The number of hydrogen-bond acceptors (Lipinski definition) is 2. The van der Waals surface area contributed by atoms with Crippen LogP contribution >= 0.6 is 0 Å². The number of aromatic nitrogens is 1. The predicted octanol–water partition coefficient (Wildman–Crippen LogP) is 2.63. The maximum atomic E-state index is 11.4. The van der Waals surface area contributed by atoms with Crippen LogP contribution < -0.4 is 5.32 Å². The Bertz CT molecular complexity index is 582. The van der Waals surface area contributed by atoms with Gasteiger partial charge in [0.15, 0.2) is 0 Å². The normalized spacial score (nSPS) is 17.1. The van der Waals surface area contributed by atoms with Gasteiger partial charge in [-0.15, -0.1) is 0 Å². The summed E-state index contributed by atoms with van der Waals surface area (Å²) in [5, 5.41) is 14.7. The molecule has 1 fully saturated rings. The van der Waals surface area contributed by atoms with Gasteiger partial charge in [-0.3, -0.25) is 4.57 Å². The van der Waals surface area contributed by atoms with Crippen molar-refractivity contribution in [3.63, 3.8) is 0 Å². The predicted molar refractivity (Wildman–Crippen MR) is 70.2 cm³/mol. The van der Waals surface area contributed by atoms with Gasteiger partial charge in [0.2, 0.25) is 0 Å². The lowest BCUT2D eigenvalue weighted by Crippen LogP contribution is -2.28. The van der Waals surface area contributed by atoms with Crippen molar-refractivity contribution >= 4 is 16.9 Å². The molecule has 0 amide bonds. The first-order valence-corrected chi connectivity index (χ1v) is 6.31. The van der Waals surface area contributed by atoms with Gasteiger partial charge in [0.25, 0.3) is 0 Å². The third-order valence-corrected chi connectivity index (χ3v) is 3.70. The highest BCUT2D eigenvalue weighted by molar-refractivity contribution is 5.90. The topological polar surface area (TPSA) is 54.3 Å². The SMILES string of the molecule is O=C(O)n1cc2ccccc2c1C1CCNCC1. The number of benzene rings is 1. The Morgan fingerprint density at radius 2 is 2.00 bits per heavy atom. The quantitative estimate of drug-likeness (QED) is 0.810. The van der Waals surface area contributed by atoms with Crippen LogP contribution in [0.2, 0.25) is 0 Å². The molecule has 1 aromatic carbocycles. The molecule has 4 nitrogen and oxygen atoms in total. The van der Waals surface area contributed by atoms with E-state index in [1.165, 1.54) is 4.57 Å². The third kappa shape index (κ3) is 1.78. The number of nitrogens with one attached hydrogen (secondary N) is 1. The molecule has 2 aromatic rings. The fraction of sp³-hybridized carbons (Fsp3) is 0.357. The second kappa shape index (κ2) is 4.46. The van der Waals surface area contributed by atoms with Gasteiger partial charge in [0, 0.05) is 28.6 Å². The van der Waals surface area contributed by atoms with Gasteiger partial charge in [-0.25, -0.2) is 4.79 Å². The number of rotatable bonds is 1. The van der Waals surface area contributed by atoms with Crippen LogP contribution in [0, 0.1) is 0 Å². The summed E-state index contributed by atoms with van der Waals surface area (Å²) in [5.41, 5.74) is 0.958. The number of fused-ring (bicyclic) bond motifs is 1. The minimum atomic E-state index is -0.889. The van der Waals surface area contributed by atoms with Crippen molar-refractivity contribution in [3.8, 4) is 0 Å². The van der Waals surface area contributed by atoms with Gasteiger partial charge in [0.05, 0.1) is 0 Å². The number of hydrogen-bond donors (Lipinski definition) is 2. The average Bonchev–Trinajstić information content (AvgIpc) is 2.79. The molecule has 0 saturated carbocycles. The van der Waals surface area contributed by atoms with Gasteiger partial charge in [-0.2, -0.15) is 0 Å². The Kier molecular flexibility index (Phi) is 2.80. The summed E-state index contributed by atoms with van der Waals surface area (Å²) in [7, 11) is 0. The van der Waals surface area contributed by atoms with E-state index in [1.807, 2.05) is 24.3 Å². The van der Waals surface area contributed by atoms with Crippen molar-refractivity contribution in [3.05, 3.63) is 36.2 Å². The minimum absolute atomic E-state index is 0.335. The molecule has 2 heterocycles. The lowest BCUT2D eigenvalue weighted by Gasteiger charge is -2.23. The van der Waals surface area contributed by atoms with Gasteiger partial charge in [0.1, 0.15) is 0 Å². The van der Waals surface area contributed by atoms with E-state index in [-0.39, 0.29) is 0 Å². The Labute approximate surface area is 105 Å². The Balaban J connectivity index is 2.17. The molecule has 0 aliphatic carbocycles. The zero-order valence-electron chi connectivity index (χ0n) is 10.1. The molecule has 18 heavy (non-hydrogen) atoms. The van der Waals surface area contributed by atoms with Crippen molar-refractivity contribution in [2.45, 2.75) is 18.8 Å². The second-order valence-electron chi connectivity index (χ2n) is 4.78. The van der Waals surface area contributed by atoms with Crippen molar-refractivity contribution < 1.29 is 9.90 Å².